The molecular weight excluding hydrogens is 411 g/mol. The number of ether oxygens (including phenoxy) is 2. The quantitative estimate of drug-likeness (QED) is 0.716. The number of hydrogen-bond acceptors (Lipinski definition) is 4. The van der Waals surface area contributed by atoms with Gasteiger partial charge in [0.25, 0.3) is 0 Å². The zero-order valence-electron chi connectivity index (χ0n) is 17.3. The average molecular weight is 437 g/mol. The van der Waals surface area contributed by atoms with Crippen molar-refractivity contribution in [3.8, 4) is 5.75 Å². The number of morpholine rings is 1. The number of nitrogens with one attached hydrogen (secondary N) is 1. The molecule has 0 unspecified atom stereocenters. The third kappa shape index (κ3) is 7.36. The summed E-state index contributed by atoms with van der Waals surface area (Å²) >= 11 is 0. The Hall–Kier alpha value is -2.94. The maximum atomic E-state index is 12.4. The zero-order valence-corrected chi connectivity index (χ0v) is 17.3. The van der Waals surface area contributed by atoms with Crippen molar-refractivity contribution in [2.75, 3.05) is 44.9 Å². The zero-order chi connectivity index (χ0) is 22.3. The molecule has 0 saturated carbocycles. The number of urea groups is 1. The number of hydrogen-bond donors (Lipinski definition) is 1. The average Bonchev–Trinajstić information content (AvgIpc) is 2.77. The number of alkyl halides is 3. The summed E-state index contributed by atoms with van der Waals surface area (Å²) in [5, 5.41) is 2.77. The second kappa shape index (κ2) is 10.4. The number of amides is 2. The standard InChI is InChI=1S/C22H26F3N3O3/c1-27(15-17-5-7-19(8-6-17)28-9-11-30-12-10-28)21(29)26-14-18-3-2-4-20(13-18)31-16-22(23,24)25/h2-8,13H,9-12,14-16H2,1H3,(H,26,29). The van der Waals surface area contributed by atoms with E-state index in [0.717, 1.165) is 37.6 Å². The molecule has 1 aliphatic rings. The molecule has 1 N–H and O–H groups in total. The van der Waals surface area contributed by atoms with Gasteiger partial charge in [-0.1, -0.05) is 24.3 Å². The van der Waals surface area contributed by atoms with Crippen LogP contribution in [0, 0.1) is 0 Å². The summed E-state index contributed by atoms with van der Waals surface area (Å²) in [7, 11) is 1.69. The molecule has 2 amide bonds. The van der Waals surface area contributed by atoms with Crippen molar-refractivity contribution in [3.05, 3.63) is 59.7 Å². The number of halogens is 3. The third-order valence-electron chi connectivity index (χ3n) is 4.82. The Morgan fingerprint density at radius 2 is 1.84 bits per heavy atom. The summed E-state index contributed by atoms with van der Waals surface area (Å²) in [6.07, 6.45) is -4.40. The molecule has 168 valence electrons. The fourth-order valence-electron chi connectivity index (χ4n) is 3.20. The molecule has 0 spiro atoms. The van der Waals surface area contributed by atoms with Crippen molar-refractivity contribution in [2.45, 2.75) is 19.3 Å². The van der Waals surface area contributed by atoms with Crippen LogP contribution >= 0.6 is 0 Å². The van der Waals surface area contributed by atoms with Crippen LogP contribution < -0.4 is 15.0 Å². The van der Waals surface area contributed by atoms with Crippen molar-refractivity contribution < 1.29 is 27.4 Å². The van der Waals surface area contributed by atoms with Crippen molar-refractivity contribution in [1.29, 1.82) is 0 Å². The summed E-state index contributed by atoms with van der Waals surface area (Å²) in [6.45, 7) is 2.44. The molecule has 1 fully saturated rings. The number of rotatable bonds is 7. The lowest BCUT2D eigenvalue weighted by Gasteiger charge is -2.29. The van der Waals surface area contributed by atoms with Crippen molar-refractivity contribution in [3.63, 3.8) is 0 Å². The Morgan fingerprint density at radius 3 is 2.52 bits per heavy atom. The van der Waals surface area contributed by atoms with Crippen molar-refractivity contribution >= 4 is 11.7 Å². The number of anilines is 1. The lowest BCUT2D eigenvalue weighted by atomic mass is 10.2. The molecule has 0 atom stereocenters. The highest BCUT2D eigenvalue weighted by Crippen LogP contribution is 2.20. The van der Waals surface area contributed by atoms with Gasteiger partial charge >= 0.3 is 12.2 Å². The predicted octanol–water partition coefficient (Wildman–Crippen LogP) is 3.81. The Balaban J connectivity index is 1.47. The first-order valence-electron chi connectivity index (χ1n) is 9.99. The molecule has 0 aromatic heterocycles. The van der Waals surface area contributed by atoms with Gasteiger partial charge in [-0.2, -0.15) is 13.2 Å². The maximum Gasteiger partial charge on any atom is 0.422 e. The molecule has 0 bridgehead atoms. The molecule has 1 saturated heterocycles. The monoisotopic (exact) mass is 437 g/mol. The Morgan fingerprint density at radius 1 is 1.13 bits per heavy atom. The number of carbonyl (C=O) groups excluding carboxylic acids is 1. The third-order valence-corrected chi connectivity index (χ3v) is 4.82. The molecular formula is C22H26F3N3O3. The highest BCUT2D eigenvalue weighted by atomic mass is 19.4. The normalized spacial score (nSPS) is 14.3. The molecule has 3 rings (SSSR count). The van der Waals surface area contributed by atoms with E-state index in [1.807, 2.05) is 24.3 Å². The first-order valence-corrected chi connectivity index (χ1v) is 9.99. The second-order valence-corrected chi connectivity index (χ2v) is 7.33. The van der Waals surface area contributed by atoms with Gasteiger partial charge in [0.2, 0.25) is 0 Å². The lowest BCUT2D eigenvalue weighted by molar-refractivity contribution is -0.153. The van der Waals surface area contributed by atoms with Gasteiger partial charge in [0.1, 0.15) is 5.75 Å². The van der Waals surface area contributed by atoms with E-state index in [1.165, 1.54) is 12.1 Å². The van der Waals surface area contributed by atoms with Crippen LogP contribution in [0.25, 0.3) is 0 Å². The van der Waals surface area contributed by atoms with E-state index in [9.17, 15) is 18.0 Å². The first-order chi connectivity index (χ1) is 14.8. The number of nitrogens with zero attached hydrogens (tertiary/aromatic N) is 2. The molecule has 31 heavy (non-hydrogen) atoms. The maximum absolute atomic E-state index is 12.4. The Labute approximate surface area is 179 Å². The van der Waals surface area contributed by atoms with Crippen LogP contribution in [-0.2, 0) is 17.8 Å². The fourth-order valence-corrected chi connectivity index (χ4v) is 3.20. The largest absolute Gasteiger partial charge is 0.484 e. The van der Waals surface area contributed by atoms with Gasteiger partial charge in [-0.3, -0.25) is 0 Å². The summed E-state index contributed by atoms with van der Waals surface area (Å²) < 4.78 is 47.0. The number of benzene rings is 2. The van der Waals surface area contributed by atoms with Crippen LogP contribution in [0.2, 0.25) is 0 Å². The molecule has 1 heterocycles. The summed E-state index contributed by atoms with van der Waals surface area (Å²) in [4.78, 5) is 16.2. The van der Waals surface area contributed by atoms with E-state index in [4.69, 9.17) is 9.47 Å². The summed E-state index contributed by atoms with van der Waals surface area (Å²) in [6, 6.07) is 14.0. The van der Waals surface area contributed by atoms with E-state index in [-0.39, 0.29) is 18.3 Å². The Bertz CT molecular complexity index is 853. The van der Waals surface area contributed by atoms with E-state index in [2.05, 4.69) is 10.2 Å². The minimum absolute atomic E-state index is 0.109. The highest BCUT2D eigenvalue weighted by Gasteiger charge is 2.28. The van der Waals surface area contributed by atoms with Gasteiger partial charge in [0.05, 0.1) is 13.2 Å². The van der Waals surface area contributed by atoms with Crippen LogP contribution in [0.1, 0.15) is 11.1 Å². The van der Waals surface area contributed by atoms with Crippen LogP contribution in [0.3, 0.4) is 0 Å². The predicted molar refractivity (Wildman–Crippen MR) is 111 cm³/mol. The lowest BCUT2D eigenvalue weighted by Crippen LogP contribution is -2.36. The van der Waals surface area contributed by atoms with E-state index < -0.39 is 12.8 Å². The van der Waals surface area contributed by atoms with Gasteiger partial charge in [0.15, 0.2) is 6.61 Å². The molecule has 2 aromatic rings. The van der Waals surface area contributed by atoms with Gasteiger partial charge in [-0.15, -0.1) is 0 Å². The molecule has 6 nitrogen and oxygen atoms in total. The summed E-state index contributed by atoms with van der Waals surface area (Å²) in [5.74, 6) is 0.109. The van der Waals surface area contributed by atoms with E-state index in [1.54, 1.807) is 24.1 Å². The fraction of sp³-hybridized carbons (Fsp3) is 0.409. The molecule has 1 aliphatic heterocycles. The second-order valence-electron chi connectivity index (χ2n) is 7.33. The van der Waals surface area contributed by atoms with Gasteiger partial charge in [-0.05, 0) is 35.4 Å². The van der Waals surface area contributed by atoms with E-state index >= 15 is 0 Å². The van der Waals surface area contributed by atoms with Gasteiger partial charge in [0, 0.05) is 38.9 Å². The SMILES string of the molecule is CN(Cc1ccc(N2CCOCC2)cc1)C(=O)NCc1cccc(OCC(F)(F)F)c1. The van der Waals surface area contributed by atoms with E-state index in [0.29, 0.717) is 12.1 Å². The van der Waals surface area contributed by atoms with Gasteiger partial charge in [-0.25, -0.2) is 4.79 Å². The minimum atomic E-state index is -4.40. The molecule has 9 heteroatoms. The highest BCUT2D eigenvalue weighted by molar-refractivity contribution is 5.73. The van der Waals surface area contributed by atoms with Crippen molar-refractivity contribution in [2.24, 2.45) is 0 Å². The molecule has 0 aliphatic carbocycles. The topological polar surface area (TPSA) is 54.0 Å². The molecule has 2 aromatic carbocycles. The van der Waals surface area contributed by atoms with Crippen LogP contribution in [0.4, 0.5) is 23.7 Å². The molecule has 0 radical (unpaired) electrons. The van der Waals surface area contributed by atoms with Crippen LogP contribution in [-0.4, -0.2) is 57.1 Å². The first kappa shape index (κ1) is 22.7. The van der Waals surface area contributed by atoms with Crippen LogP contribution in [0.15, 0.2) is 48.5 Å². The summed E-state index contributed by atoms with van der Waals surface area (Å²) in [5.41, 5.74) is 2.78. The number of carbonyl (C=O) groups is 1. The minimum Gasteiger partial charge on any atom is -0.484 e. The van der Waals surface area contributed by atoms with Crippen molar-refractivity contribution in [1.82, 2.24) is 10.2 Å². The van der Waals surface area contributed by atoms with Crippen LogP contribution in [0.5, 0.6) is 5.75 Å². The smallest absolute Gasteiger partial charge is 0.422 e. The Kier molecular flexibility index (Phi) is 7.62. The van der Waals surface area contributed by atoms with Gasteiger partial charge < -0.3 is 24.6 Å².